The summed E-state index contributed by atoms with van der Waals surface area (Å²) >= 11 is 0. The second-order valence-corrected chi connectivity index (χ2v) is 12.6. The maximum atomic E-state index is 12.9. The minimum absolute atomic E-state index is 0.0384. The number of rotatable bonds is 6. The number of benzene rings is 1. The van der Waals surface area contributed by atoms with Gasteiger partial charge in [0.2, 0.25) is 0 Å². The van der Waals surface area contributed by atoms with Crippen LogP contribution < -0.4 is 0 Å². The minimum Gasteiger partial charge on any atom is -0.469 e. The van der Waals surface area contributed by atoms with Gasteiger partial charge in [0, 0.05) is 19.1 Å². The van der Waals surface area contributed by atoms with E-state index in [2.05, 4.69) is 19.6 Å². The van der Waals surface area contributed by atoms with Crippen molar-refractivity contribution < 1.29 is 19.4 Å². The molecule has 0 aliphatic carbocycles. The van der Waals surface area contributed by atoms with Crippen molar-refractivity contribution in [3.05, 3.63) is 35.9 Å². The number of hydrogen-bond acceptors (Lipinski definition) is 4. The van der Waals surface area contributed by atoms with Crippen LogP contribution in [0.5, 0.6) is 0 Å². The summed E-state index contributed by atoms with van der Waals surface area (Å²) in [5.74, 6) is -0.301. The van der Waals surface area contributed by atoms with E-state index in [0.717, 1.165) is 5.56 Å². The molecule has 0 unspecified atom stereocenters. The number of esters is 1. The van der Waals surface area contributed by atoms with Crippen molar-refractivity contribution in [2.45, 2.75) is 44.1 Å². The third-order valence-corrected chi connectivity index (χ3v) is 7.12. The van der Waals surface area contributed by atoms with E-state index in [0.29, 0.717) is 19.4 Å². The van der Waals surface area contributed by atoms with Crippen molar-refractivity contribution in [3.8, 4) is 0 Å². The molecule has 0 spiro atoms. The van der Waals surface area contributed by atoms with Crippen molar-refractivity contribution in [3.63, 3.8) is 0 Å². The zero-order chi connectivity index (χ0) is 17.1. The first-order chi connectivity index (χ1) is 10.9. The van der Waals surface area contributed by atoms with Crippen molar-refractivity contribution in [2.24, 2.45) is 5.41 Å². The molecule has 0 bridgehead atoms. The second kappa shape index (κ2) is 7.15. The molecule has 2 rings (SSSR count). The summed E-state index contributed by atoms with van der Waals surface area (Å²) in [5, 5.41) is 9.63. The van der Waals surface area contributed by atoms with E-state index in [1.165, 1.54) is 7.11 Å². The van der Waals surface area contributed by atoms with Gasteiger partial charge in [-0.25, -0.2) is 0 Å². The Labute approximate surface area is 139 Å². The van der Waals surface area contributed by atoms with Gasteiger partial charge in [-0.1, -0.05) is 50.0 Å². The molecule has 3 atom stereocenters. The average molecular weight is 337 g/mol. The Hall–Kier alpha value is -1.17. The molecule has 1 fully saturated rings. The Morgan fingerprint density at radius 3 is 2.57 bits per heavy atom. The molecule has 4 nitrogen and oxygen atoms in total. The van der Waals surface area contributed by atoms with Gasteiger partial charge in [0.05, 0.1) is 20.9 Å². The molecule has 128 valence electrons. The molecule has 1 aliphatic heterocycles. The van der Waals surface area contributed by atoms with Crippen molar-refractivity contribution >= 4 is 14.0 Å². The molecule has 23 heavy (non-hydrogen) atoms. The Morgan fingerprint density at radius 2 is 2.04 bits per heavy atom. The van der Waals surface area contributed by atoms with Crippen molar-refractivity contribution in [2.75, 3.05) is 20.3 Å². The highest BCUT2D eigenvalue weighted by atomic mass is 28.3. The smallest absolute Gasteiger partial charge is 0.314 e. The molecular formula is C18H28O4Si. The number of ether oxygens (including phenoxy) is 2. The molecule has 1 aromatic rings. The fourth-order valence-corrected chi connectivity index (χ4v) is 6.71. The molecule has 0 radical (unpaired) electrons. The topological polar surface area (TPSA) is 55.8 Å². The molecule has 0 saturated carbocycles. The third kappa shape index (κ3) is 3.37. The lowest BCUT2D eigenvalue weighted by molar-refractivity contribution is -0.156. The number of carbonyl (C=O) groups excluding carboxylic acids is 1. The van der Waals surface area contributed by atoms with Crippen LogP contribution in [0.1, 0.15) is 24.3 Å². The Balaban J connectivity index is 2.57. The maximum absolute atomic E-state index is 12.9. The van der Waals surface area contributed by atoms with Crippen LogP contribution in [0.25, 0.3) is 0 Å². The average Bonchev–Trinajstić information content (AvgIpc) is 2.98. The van der Waals surface area contributed by atoms with Gasteiger partial charge < -0.3 is 14.6 Å². The standard InChI is InChI=1S/C18H28O4Si/c1-21-16(20)18(11-13-22-17(18)23(2,3)4)15(10-12-19)14-8-6-5-7-9-14/h5-9,15,17,19H,10-13H2,1-4H3/t15-,17-,18-/m1/s1. The largest absolute Gasteiger partial charge is 0.469 e. The van der Waals surface area contributed by atoms with E-state index in [9.17, 15) is 9.90 Å². The molecule has 0 amide bonds. The normalized spacial score (nSPS) is 26.0. The van der Waals surface area contributed by atoms with Gasteiger partial charge >= 0.3 is 5.97 Å². The van der Waals surface area contributed by atoms with Crippen LogP contribution in [0.3, 0.4) is 0 Å². The van der Waals surface area contributed by atoms with E-state index < -0.39 is 13.5 Å². The van der Waals surface area contributed by atoms with Crippen LogP contribution in [-0.4, -0.2) is 45.2 Å². The van der Waals surface area contributed by atoms with E-state index in [1.54, 1.807) is 0 Å². The highest BCUT2D eigenvalue weighted by Crippen LogP contribution is 2.52. The molecule has 5 heteroatoms. The van der Waals surface area contributed by atoms with Gasteiger partial charge in [-0.2, -0.15) is 0 Å². The lowest BCUT2D eigenvalue weighted by atomic mass is 9.69. The predicted molar refractivity (Wildman–Crippen MR) is 93.0 cm³/mol. The summed E-state index contributed by atoms with van der Waals surface area (Å²) in [5.41, 5.74) is 0.253. The number of hydrogen-bond donors (Lipinski definition) is 1. The maximum Gasteiger partial charge on any atom is 0.314 e. The highest BCUT2D eigenvalue weighted by molar-refractivity contribution is 6.77. The molecule has 1 N–H and O–H groups in total. The summed E-state index contributed by atoms with van der Waals surface area (Å²) in [6, 6.07) is 9.98. The molecule has 1 aromatic carbocycles. The van der Waals surface area contributed by atoms with Gasteiger partial charge in [-0.15, -0.1) is 0 Å². The van der Waals surface area contributed by atoms with Crippen LogP contribution in [0.4, 0.5) is 0 Å². The Morgan fingerprint density at radius 1 is 1.39 bits per heavy atom. The molecule has 1 aliphatic rings. The van der Waals surface area contributed by atoms with E-state index in [4.69, 9.17) is 9.47 Å². The van der Waals surface area contributed by atoms with E-state index >= 15 is 0 Å². The lowest BCUT2D eigenvalue weighted by Gasteiger charge is -2.43. The number of methoxy groups -OCH3 is 1. The fraction of sp³-hybridized carbons (Fsp3) is 0.611. The number of aliphatic hydroxyl groups is 1. The first kappa shape index (κ1) is 18.2. The highest BCUT2D eigenvalue weighted by Gasteiger charge is 2.60. The second-order valence-electron chi connectivity index (χ2n) is 7.37. The van der Waals surface area contributed by atoms with Crippen LogP contribution in [0, 0.1) is 5.41 Å². The van der Waals surface area contributed by atoms with Crippen LogP contribution in [0.15, 0.2) is 30.3 Å². The summed E-state index contributed by atoms with van der Waals surface area (Å²) in [7, 11) is -0.319. The third-order valence-electron chi connectivity index (χ3n) is 4.86. The van der Waals surface area contributed by atoms with Gasteiger partial charge in [0.1, 0.15) is 5.41 Å². The first-order valence-electron chi connectivity index (χ1n) is 8.23. The Bertz CT molecular complexity index is 526. The monoisotopic (exact) mass is 336 g/mol. The SMILES string of the molecule is COC(=O)[C@]1([C@H](CCO)c2ccccc2)CCO[C@@H]1[Si](C)(C)C. The van der Waals surface area contributed by atoms with Crippen LogP contribution >= 0.6 is 0 Å². The number of aliphatic hydroxyl groups excluding tert-OH is 1. The number of carbonyl (C=O) groups is 1. The zero-order valence-electron chi connectivity index (χ0n) is 14.5. The Kier molecular flexibility index (Phi) is 5.65. The summed E-state index contributed by atoms with van der Waals surface area (Å²) in [4.78, 5) is 12.9. The summed E-state index contributed by atoms with van der Waals surface area (Å²) < 4.78 is 11.3. The van der Waals surface area contributed by atoms with Crippen LogP contribution in [0.2, 0.25) is 19.6 Å². The van der Waals surface area contributed by atoms with E-state index in [-0.39, 0.29) is 24.2 Å². The molecule has 1 saturated heterocycles. The van der Waals surface area contributed by atoms with E-state index in [1.807, 2.05) is 30.3 Å². The zero-order valence-corrected chi connectivity index (χ0v) is 15.5. The predicted octanol–water partition coefficient (Wildman–Crippen LogP) is 2.98. The quantitative estimate of drug-likeness (QED) is 0.641. The minimum atomic E-state index is -1.77. The molecule has 0 aromatic heterocycles. The molecule has 1 heterocycles. The van der Waals surface area contributed by atoms with Gasteiger partial charge in [0.15, 0.2) is 0 Å². The summed E-state index contributed by atoms with van der Waals surface area (Å²) in [6.45, 7) is 7.28. The van der Waals surface area contributed by atoms with Crippen molar-refractivity contribution in [1.82, 2.24) is 0 Å². The fourth-order valence-electron chi connectivity index (χ4n) is 4.08. The summed E-state index contributed by atoms with van der Waals surface area (Å²) in [6.07, 6.45) is 1.18. The van der Waals surface area contributed by atoms with Crippen LogP contribution in [-0.2, 0) is 14.3 Å². The van der Waals surface area contributed by atoms with Gasteiger partial charge in [0.25, 0.3) is 0 Å². The lowest BCUT2D eigenvalue weighted by Crippen LogP contribution is -2.55. The van der Waals surface area contributed by atoms with Gasteiger partial charge in [-0.05, 0) is 18.4 Å². The molecular weight excluding hydrogens is 308 g/mol. The van der Waals surface area contributed by atoms with Crippen molar-refractivity contribution in [1.29, 1.82) is 0 Å². The van der Waals surface area contributed by atoms with Gasteiger partial charge in [-0.3, -0.25) is 4.79 Å². The first-order valence-corrected chi connectivity index (χ1v) is 11.8.